The van der Waals surface area contributed by atoms with E-state index in [1.54, 1.807) is 0 Å². The van der Waals surface area contributed by atoms with Crippen molar-refractivity contribution in [2.45, 2.75) is 57.4 Å². The fourth-order valence-corrected chi connectivity index (χ4v) is 3.62. The van der Waals surface area contributed by atoms with Gasteiger partial charge in [0.2, 0.25) is 0 Å². The Morgan fingerprint density at radius 3 is 2.68 bits per heavy atom. The summed E-state index contributed by atoms with van der Waals surface area (Å²) in [6, 6.07) is 2.56. The highest BCUT2D eigenvalue weighted by atomic mass is 15.1. The number of hydrogen-bond donors (Lipinski definition) is 1. The maximum Gasteiger partial charge on any atom is 0.109 e. The van der Waals surface area contributed by atoms with E-state index in [0.717, 1.165) is 12.3 Å². The van der Waals surface area contributed by atoms with Gasteiger partial charge in [-0.05, 0) is 70.5 Å². The molecule has 0 amide bonds. The monoisotopic (exact) mass is 263 g/mol. The second-order valence-corrected chi connectivity index (χ2v) is 6.45. The highest BCUT2D eigenvalue weighted by Crippen LogP contribution is 2.37. The third-order valence-corrected chi connectivity index (χ3v) is 5.01. The van der Waals surface area contributed by atoms with Gasteiger partial charge >= 0.3 is 0 Å². The summed E-state index contributed by atoms with van der Waals surface area (Å²) in [4.78, 5) is 2.63. The molecule has 108 valence electrons. The van der Waals surface area contributed by atoms with Crippen LogP contribution in [-0.4, -0.2) is 37.1 Å². The molecule has 0 saturated heterocycles. The molecule has 2 aliphatic rings. The van der Waals surface area contributed by atoms with E-state index in [4.69, 9.17) is 0 Å². The van der Waals surface area contributed by atoms with E-state index in [1.165, 1.54) is 58.2 Å². The summed E-state index contributed by atoms with van der Waals surface area (Å²) in [6.07, 6.45) is 8.74. The van der Waals surface area contributed by atoms with Crippen molar-refractivity contribution in [3.8, 4) is 6.07 Å². The molecule has 0 aromatic heterocycles. The van der Waals surface area contributed by atoms with E-state index >= 15 is 0 Å². The van der Waals surface area contributed by atoms with Crippen LogP contribution in [0, 0.1) is 23.2 Å². The lowest BCUT2D eigenvalue weighted by atomic mass is 9.86. The Labute approximate surface area is 118 Å². The molecule has 0 aliphatic heterocycles. The molecule has 0 aromatic carbocycles. The summed E-state index contributed by atoms with van der Waals surface area (Å²) < 4.78 is 0. The van der Waals surface area contributed by atoms with Crippen LogP contribution in [0.3, 0.4) is 0 Å². The molecule has 3 heteroatoms. The van der Waals surface area contributed by atoms with Crippen LogP contribution < -0.4 is 5.32 Å². The molecule has 0 aromatic rings. The molecule has 2 unspecified atom stereocenters. The van der Waals surface area contributed by atoms with Gasteiger partial charge in [0, 0.05) is 6.54 Å². The van der Waals surface area contributed by atoms with Crippen molar-refractivity contribution in [2.24, 2.45) is 11.8 Å². The van der Waals surface area contributed by atoms with Crippen LogP contribution in [0.1, 0.15) is 51.9 Å². The molecule has 2 aliphatic carbocycles. The van der Waals surface area contributed by atoms with E-state index in [2.05, 4.69) is 23.2 Å². The van der Waals surface area contributed by atoms with Gasteiger partial charge in [0.1, 0.15) is 5.54 Å². The molecular formula is C16H29N3. The molecular weight excluding hydrogens is 234 g/mol. The van der Waals surface area contributed by atoms with E-state index in [-0.39, 0.29) is 5.54 Å². The standard InChI is InChI=1S/C16H29N3/c1-3-10-19(12-14-6-7-14)11-8-15-5-4-9-16(15,13-17)18-2/h14-15,18H,3-12H2,1-2H3. The first-order valence-electron chi connectivity index (χ1n) is 8.06. The lowest BCUT2D eigenvalue weighted by Gasteiger charge is -2.30. The first-order chi connectivity index (χ1) is 9.24. The third kappa shape index (κ3) is 3.70. The summed E-state index contributed by atoms with van der Waals surface area (Å²) in [5.41, 5.74) is -0.239. The molecule has 19 heavy (non-hydrogen) atoms. The van der Waals surface area contributed by atoms with Crippen molar-refractivity contribution in [1.29, 1.82) is 5.26 Å². The molecule has 0 bridgehead atoms. The lowest BCUT2D eigenvalue weighted by Crippen LogP contribution is -2.46. The smallest absolute Gasteiger partial charge is 0.109 e. The summed E-state index contributed by atoms with van der Waals surface area (Å²) in [5, 5.41) is 12.8. The van der Waals surface area contributed by atoms with Crippen LogP contribution in [-0.2, 0) is 0 Å². The Hall–Kier alpha value is -0.590. The predicted octanol–water partition coefficient (Wildman–Crippen LogP) is 2.78. The second-order valence-electron chi connectivity index (χ2n) is 6.45. The molecule has 0 spiro atoms. The SMILES string of the molecule is CCCN(CCC1CCCC1(C#N)NC)CC1CC1. The summed E-state index contributed by atoms with van der Waals surface area (Å²) in [6.45, 7) is 5.96. The quantitative estimate of drug-likeness (QED) is 0.732. The minimum atomic E-state index is -0.239. The lowest BCUT2D eigenvalue weighted by molar-refractivity contribution is 0.220. The summed E-state index contributed by atoms with van der Waals surface area (Å²) in [5.74, 6) is 1.52. The van der Waals surface area contributed by atoms with Gasteiger partial charge in [-0.1, -0.05) is 13.3 Å². The van der Waals surface area contributed by atoms with Crippen LogP contribution >= 0.6 is 0 Å². The average Bonchev–Trinajstić information content (AvgIpc) is 3.14. The maximum absolute atomic E-state index is 9.48. The number of hydrogen-bond acceptors (Lipinski definition) is 3. The Kier molecular flexibility index (Phi) is 5.24. The molecule has 1 N–H and O–H groups in total. The van der Waals surface area contributed by atoms with Crippen molar-refractivity contribution in [1.82, 2.24) is 10.2 Å². The van der Waals surface area contributed by atoms with E-state index in [1.807, 2.05) is 7.05 Å². The van der Waals surface area contributed by atoms with Crippen LogP contribution in [0.25, 0.3) is 0 Å². The van der Waals surface area contributed by atoms with E-state index < -0.39 is 0 Å². The normalized spacial score (nSPS) is 30.7. The van der Waals surface area contributed by atoms with Gasteiger partial charge in [-0.15, -0.1) is 0 Å². The Bertz CT molecular complexity index is 318. The van der Waals surface area contributed by atoms with Crippen LogP contribution in [0.4, 0.5) is 0 Å². The van der Waals surface area contributed by atoms with Crippen molar-refractivity contribution in [2.75, 3.05) is 26.7 Å². The zero-order valence-electron chi connectivity index (χ0n) is 12.6. The highest BCUT2D eigenvalue weighted by molar-refractivity contribution is 5.13. The van der Waals surface area contributed by atoms with Gasteiger partial charge < -0.3 is 10.2 Å². The van der Waals surface area contributed by atoms with Crippen LogP contribution in [0.15, 0.2) is 0 Å². The predicted molar refractivity (Wildman–Crippen MR) is 78.8 cm³/mol. The number of nitrogens with one attached hydrogen (secondary N) is 1. The second kappa shape index (κ2) is 6.72. The van der Waals surface area contributed by atoms with E-state index in [9.17, 15) is 5.26 Å². The number of nitriles is 1. The van der Waals surface area contributed by atoms with E-state index in [0.29, 0.717) is 5.92 Å². The topological polar surface area (TPSA) is 39.1 Å². The van der Waals surface area contributed by atoms with Gasteiger partial charge in [0.15, 0.2) is 0 Å². The molecule has 2 fully saturated rings. The molecule has 2 atom stereocenters. The van der Waals surface area contributed by atoms with Crippen molar-refractivity contribution in [3.63, 3.8) is 0 Å². The minimum Gasteiger partial charge on any atom is -0.303 e. The van der Waals surface area contributed by atoms with Gasteiger partial charge in [0.05, 0.1) is 6.07 Å². The maximum atomic E-state index is 9.48. The Balaban J connectivity index is 1.83. The first kappa shape index (κ1) is 14.8. The fourth-order valence-electron chi connectivity index (χ4n) is 3.62. The third-order valence-electron chi connectivity index (χ3n) is 5.01. The van der Waals surface area contributed by atoms with Crippen molar-refractivity contribution < 1.29 is 0 Å². The highest BCUT2D eigenvalue weighted by Gasteiger charge is 2.41. The molecule has 0 heterocycles. The Morgan fingerprint density at radius 2 is 2.11 bits per heavy atom. The average molecular weight is 263 g/mol. The van der Waals surface area contributed by atoms with Crippen molar-refractivity contribution in [3.05, 3.63) is 0 Å². The molecule has 0 radical (unpaired) electrons. The van der Waals surface area contributed by atoms with Crippen LogP contribution in [0.2, 0.25) is 0 Å². The van der Waals surface area contributed by atoms with Gasteiger partial charge in [-0.25, -0.2) is 0 Å². The molecule has 3 nitrogen and oxygen atoms in total. The van der Waals surface area contributed by atoms with Crippen LogP contribution in [0.5, 0.6) is 0 Å². The number of nitrogens with zero attached hydrogens (tertiary/aromatic N) is 2. The Morgan fingerprint density at radius 1 is 1.32 bits per heavy atom. The van der Waals surface area contributed by atoms with Gasteiger partial charge in [0.25, 0.3) is 0 Å². The molecule has 2 rings (SSSR count). The zero-order valence-corrected chi connectivity index (χ0v) is 12.6. The van der Waals surface area contributed by atoms with Crippen molar-refractivity contribution >= 4 is 0 Å². The van der Waals surface area contributed by atoms with Gasteiger partial charge in [-0.3, -0.25) is 0 Å². The number of rotatable bonds is 8. The fraction of sp³-hybridized carbons (Fsp3) is 0.938. The first-order valence-corrected chi connectivity index (χ1v) is 8.06. The zero-order chi connectivity index (χ0) is 13.7. The molecule has 2 saturated carbocycles. The summed E-state index contributed by atoms with van der Waals surface area (Å²) in [7, 11) is 1.95. The summed E-state index contributed by atoms with van der Waals surface area (Å²) >= 11 is 0. The van der Waals surface area contributed by atoms with Gasteiger partial charge in [-0.2, -0.15) is 5.26 Å². The minimum absolute atomic E-state index is 0.239. The largest absolute Gasteiger partial charge is 0.303 e.